The Balaban J connectivity index is 2.31. The molecule has 1 N–H and O–H groups in total. The van der Waals surface area contributed by atoms with Crippen LogP contribution < -0.4 is 0 Å². The average molecular weight is 300 g/mol. The fourth-order valence-electron chi connectivity index (χ4n) is 2.92. The van der Waals surface area contributed by atoms with E-state index in [1.807, 2.05) is 12.1 Å². The van der Waals surface area contributed by atoms with Gasteiger partial charge in [-0.2, -0.15) is 0 Å². The van der Waals surface area contributed by atoms with Crippen molar-refractivity contribution in [3.63, 3.8) is 0 Å². The first-order chi connectivity index (χ1) is 10.8. The lowest BCUT2D eigenvalue weighted by Crippen LogP contribution is -1.99. The van der Waals surface area contributed by atoms with Crippen LogP contribution in [0.1, 0.15) is 43.7 Å². The van der Waals surface area contributed by atoms with Crippen molar-refractivity contribution in [3.05, 3.63) is 59.4 Å². The molecule has 0 aromatic heterocycles. The monoisotopic (exact) mass is 300 g/mol. The van der Waals surface area contributed by atoms with Crippen LogP contribution in [0.4, 0.5) is 4.39 Å². The van der Waals surface area contributed by atoms with Crippen LogP contribution in [0.5, 0.6) is 0 Å². The van der Waals surface area contributed by atoms with Gasteiger partial charge in [0.05, 0.1) is 0 Å². The zero-order valence-electron chi connectivity index (χ0n) is 13.3. The van der Waals surface area contributed by atoms with E-state index in [1.54, 1.807) is 0 Å². The van der Waals surface area contributed by atoms with Crippen molar-refractivity contribution in [2.45, 2.75) is 45.4 Å². The molecule has 0 unspecified atom stereocenters. The van der Waals surface area contributed by atoms with Gasteiger partial charge in [0.1, 0.15) is 5.82 Å². The standard InChI is InChI=1S/C20H25FO/c1-2-3-4-5-7-16-8-6-9-17(14-15-22)20(16)18-10-12-19(21)13-11-18/h6,8-13,22H,2-5,7,14-15H2,1H3. The van der Waals surface area contributed by atoms with Gasteiger partial charge < -0.3 is 5.11 Å². The second kappa shape index (κ2) is 8.70. The molecule has 0 saturated carbocycles. The molecule has 2 aromatic rings. The summed E-state index contributed by atoms with van der Waals surface area (Å²) in [6.07, 6.45) is 6.58. The number of aliphatic hydroxyl groups is 1. The number of unbranched alkanes of at least 4 members (excludes halogenated alkanes) is 3. The molecule has 0 saturated heterocycles. The van der Waals surface area contributed by atoms with Gasteiger partial charge >= 0.3 is 0 Å². The first kappa shape index (κ1) is 16.7. The van der Waals surface area contributed by atoms with E-state index in [0.29, 0.717) is 6.42 Å². The molecule has 0 amide bonds. The van der Waals surface area contributed by atoms with E-state index in [9.17, 15) is 9.50 Å². The van der Waals surface area contributed by atoms with Gasteiger partial charge in [0.2, 0.25) is 0 Å². The summed E-state index contributed by atoms with van der Waals surface area (Å²) < 4.78 is 13.2. The zero-order valence-corrected chi connectivity index (χ0v) is 13.3. The molecule has 0 aliphatic heterocycles. The van der Waals surface area contributed by atoms with Crippen LogP contribution in [-0.4, -0.2) is 11.7 Å². The molecule has 1 nitrogen and oxygen atoms in total. The number of hydrogen-bond donors (Lipinski definition) is 1. The van der Waals surface area contributed by atoms with Gasteiger partial charge in [-0.15, -0.1) is 0 Å². The summed E-state index contributed by atoms with van der Waals surface area (Å²) in [4.78, 5) is 0. The van der Waals surface area contributed by atoms with Crippen molar-refractivity contribution in [2.75, 3.05) is 6.61 Å². The van der Waals surface area contributed by atoms with Crippen molar-refractivity contribution < 1.29 is 9.50 Å². The van der Waals surface area contributed by atoms with E-state index in [1.165, 1.54) is 48.9 Å². The maximum absolute atomic E-state index is 13.2. The highest BCUT2D eigenvalue weighted by Gasteiger charge is 2.10. The van der Waals surface area contributed by atoms with Crippen LogP contribution in [-0.2, 0) is 12.8 Å². The molecule has 0 atom stereocenters. The third kappa shape index (κ3) is 4.41. The summed E-state index contributed by atoms with van der Waals surface area (Å²) in [5.74, 6) is -0.215. The number of rotatable bonds is 8. The van der Waals surface area contributed by atoms with E-state index in [0.717, 1.165) is 17.5 Å². The van der Waals surface area contributed by atoms with E-state index < -0.39 is 0 Å². The summed E-state index contributed by atoms with van der Waals surface area (Å²) in [5.41, 5.74) is 4.65. The van der Waals surface area contributed by atoms with Gasteiger partial charge in [0.15, 0.2) is 0 Å². The Labute approximate surface area is 132 Å². The second-order valence-corrected chi connectivity index (χ2v) is 5.74. The maximum atomic E-state index is 13.2. The van der Waals surface area contributed by atoms with Crippen molar-refractivity contribution >= 4 is 0 Å². The molecule has 22 heavy (non-hydrogen) atoms. The smallest absolute Gasteiger partial charge is 0.123 e. The van der Waals surface area contributed by atoms with Gasteiger partial charge in [-0.1, -0.05) is 56.5 Å². The SMILES string of the molecule is CCCCCCc1cccc(CCO)c1-c1ccc(F)cc1. The molecular formula is C20H25FO. The van der Waals surface area contributed by atoms with E-state index in [2.05, 4.69) is 25.1 Å². The van der Waals surface area contributed by atoms with Crippen molar-refractivity contribution in [2.24, 2.45) is 0 Å². The van der Waals surface area contributed by atoms with E-state index in [4.69, 9.17) is 0 Å². The van der Waals surface area contributed by atoms with Crippen LogP contribution in [0.25, 0.3) is 11.1 Å². The van der Waals surface area contributed by atoms with Gasteiger partial charge in [0.25, 0.3) is 0 Å². The largest absolute Gasteiger partial charge is 0.396 e. The predicted octanol–water partition coefficient (Wildman–Crippen LogP) is 5.15. The minimum absolute atomic E-state index is 0.132. The molecule has 118 valence electrons. The lowest BCUT2D eigenvalue weighted by molar-refractivity contribution is 0.300. The van der Waals surface area contributed by atoms with E-state index >= 15 is 0 Å². The third-order valence-corrected chi connectivity index (χ3v) is 4.05. The van der Waals surface area contributed by atoms with Crippen LogP contribution in [0.2, 0.25) is 0 Å². The highest BCUT2D eigenvalue weighted by Crippen LogP contribution is 2.30. The van der Waals surface area contributed by atoms with Crippen LogP contribution >= 0.6 is 0 Å². The first-order valence-corrected chi connectivity index (χ1v) is 8.23. The van der Waals surface area contributed by atoms with Gasteiger partial charge in [-0.3, -0.25) is 0 Å². The first-order valence-electron chi connectivity index (χ1n) is 8.23. The molecule has 0 heterocycles. The Hall–Kier alpha value is -1.67. The third-order valence-electron chi connectivity index (χ3n) is 4.05. The summed E-state index contributed by atoms with van der Waals surface area (Å²) in [6, 6.07) is 13.0. The highest BCUT2D eigenvalue weighted by atomic mass is 19.1. The Morgan fingerprint density at radius 2 is 1.55 bits per heavy atom. The topological polar surface area (TPSA) is 20.2 Å². The van der Waals surface area contributed by atoms with Crippen molar-refractivity contribution in [3.8, 4) is 11.1 Å². The average Bonchev–Trinajstić information content (AvgIpc) is 2.53. The van der Waals surface area contributed by atoms with Crippen LogP contribution in [0.15, 0.2) is 42.5 Å². The van der Waals surface area contributed by atoms with E-state index in [-0.39, 0.29) is 12.4 Å². The number of hydrogen-bond acceptors (Lipinski definition) is 1. The van der Waals surface area contributed by atoms with Crippen molar-refractivity contribution in [1.29, 1.82) is 0 Å². The normalized spacial score (nSPS) is 10.9. The molecule has 0 radical (unpaired) electrons. The molecule has 0 aliphatic rings. The Bertz CT molecular complexity index is 575. The predicted molar refractivity (Wildman–Crippen MR) is 90.5 cm³/mol. The number of halogens is 1. The van der Waals surface area contributed by atoms with Crippen molar-refractivity contribution in [1.82, 2.24) is 0 Å². The minimum Gasteiger partial charge on any atom is -0.396 e. The van der Waals surface area contributed by atoms with Crippen LogP contribution in [0.3, 0.4) is 0 Å². The molecule has 2 aromatic carbocycles. The fraction of sp³-hybridized carbons (Fsp3) is 0.400. The second-order valence-electron chi connectivity index (χ2n) is 5.74. The lowest BCUT2D eigenvalue weighted by atomic mass is 9.90. The van der Waals surface area contributed by atoms with Gasteiger partial charge in [0, 0.05) is 6.61 Å². The molecule has 0 bridgehead atoms. The summed E-state index contributed by atoms with van der Waals surface area (Å²) in [5, 5.41) is 9.31. The Morgan fingerprint density at radius 3 is 2.18 bits per heavy atom. The zero-order chi connectivity index (χ0) is 15.8. The Kier molecular flexibility index (Phi) is 6.60. The summed E-state index contributed by atoms with van der Waals surface area (Å²) >= 11 is 0. The fourth-order valence-corrected chi connectivity index (χ4v) is 2.92. The summed E-state index contributed by atoms with van der Waals surface area (Å²) in [6.45, 7) is 2.35. The molecule has 0 fully saturated rings. The number of aryl methyl sites for hydroxylation is 1. The molecule has 2 rings (SSSR count). The Morgan fingerprint density at radius 1 is 0.864 bits per heavy atom. The number of benzene rings is 2. The van der Waals surface area contributed by atoms with Gasteiger partial charge in [-0.25, -0.2) is 4.39 Å². The minimum atomic E-state index is -0.215. The molecule has 2 heteroatoms. The van der Waals surface area contributed by atoms with Gasteiger partial charge in [-0.05, 0) is 53.6 Å². The lowest BCUT2D eigenvalue weighted by Gasteiger charge is -2.15. The molecule has 0 spiro atoms. The molecule has 0 aliphatic carbocycles. The van der Waals surface area contributed by atoms with Crippen LogP contribution in [0, 0.1) is 5.82 Å². The molecular weight excluding hydrogens is 275 g/mol. The number of aliphatic hydroxyl groups excluding tert-OH is 1. The quantitative estimate of drug-likeness (QED) is 0.668. The highest BCUT2D eigenvalue weighted by molar-refractivity contribution is 5.71. The maximum Gasteiger partial charge on any atom is 0.123 e. The summed E-state index contributed by atoms with van der Waals surface area (Å²) in [7, 11) is 0.